The van der Waals surface area contributed by atoms with Crippen LogP contribution in [0.3, 0.4) is 0 Å². The molecule has 6 heteroatoms. The number of thiazole rings is 1. The molecule has 0 fully saturated rings. The van der Waals surface area contributed by atoms with E-state index in [-0.39, 0.29) is 0 Å². The van der Waals surface area contributed by atoms with E-state index in [1.165, 1.54) is 5.69 Å². The van der Waals surface area contributed by atoms with Crippen LogP contribution in [0.5, 0.6) is 0 Å². The Balaban J connectivity index is 1.64. The molecule has 21 heavy (non-hydrogen) atoms. The SMILES string of the molecule is Clc1cccc(-c2cnn(Cc3csc4cncn34)c2)c1. The van der Waals surface area contributed by atoms with Crippen molar-refractivity contribution in [1.82, 2.24) is 19.2 Å². The van der Waals surface area contributed by atoms with Crippen molar-refractivity contribution in [2.75, 3.05) is 0 Å². The maximum Gasteiger partial charge on any atom is 0.119 e. The highest BCUT2D eigenvalue weighted by atomic mass is 35.5. The summed E-state index contributed by atoms with van der Waals surface area (Å²) in [4.78, 5) is 5.30. The van der Waals surface area contributed by atoms with Gasteiger partial charge in [0, 0.05) is 22.2 Å². The van der Waals surface area contributed by atoms with Gasteiger partial charge >= 0.3 is 0 Å². The lowest BCUT2D eigenvalue weighted by Crippen LogP contribution is -2.02. The molecule has 0 saturated heterocycles. The molecule has 4 rings (SSSR count). The fourth-order valence-corrected chi connectivity index (χ4v) is 3.35. The molecule has 0 amide bonds. The number of benzene rings is 1. The number of halogens is 1. The monoisotopic (exact) mass is 314 g/mol. The van der Waals surface area contributed by atoms with Gasteiger partial charge in [-0.25, -0.2) is 4.98 Å². The molecule has 0 aliphatic rings. The van der Waals surface area contributed by atoms with Crippen molar-refractivity contribution >= 4 is 27.8 Å². The zero-order valence-corrected chi connectivity index (χ0v) is 12.6. The maximum atomic E-state index is 6.03. The van der Waals surface area contributed by atoms with Crippen LogP contribution >= 0.6 is 22.9 Å². The first-order chi connectivity index (χ1) is 10.3. The van der Waals surface area contributed by atoms with Gasteiger partial charge in [-0.15, -0.1) is 11.3 Å². The molecule has 3 heterocycles. The highest BCUT2D eigenvalue weighted by molar-refractivity contribution is 7.15. The molecule has 0 N–H and O–H groups in total. The minimum atomic E-state index is 0.719. The van der Waals surface area contributed by atoms with Crippen LogP contribution < -0.4 is 0 Å². The van der Waals surface area contributed by atoms with Crippen molar-refractivity contribution in [2.45, 2.75) is 6.54 Å². The Labute approximate surface area is 130 Å². The highest BCUT2D eigenvalue weighted by Gasteiger charge is 2.07. The molecule has 0 bridgehead atoms. The zero-order valence-electron chi connectivity index (χ0n) is 11.0. The van der Waals surface area contributed by atoms with Gasteiger partial charge in [-0.2, -0.15) is 5.10 Å². The molecule has 4 nitrogen and oxygen atoms in total. The van der Waals surface area contributed by atoms with Crippen LogP contribution in [0.15, 0.2) is 54.6 Å². The average molecular weight is 315 g/mol. The Morgan fingerprint density at radius 3 is 3.05 bits per heavy atom. The van der Waals surface area contributed by atoms with E-state index >= 15 is 0 Å². The molecule has 4 aromatic rings. The highest BCUT2D eigenvalue weighted by Crippen LogP contribution is 2.23. The second-order valence-electron chi connectivity index (χ2n) is 4.77. The van der Waals surface area contributed by atoms with Crippen molar-refractivity contribution < 1.29 is 0 Å². The van der Waals surface area contributed by atoms with Gasteiger partial charge in [0.05, 0.1) is 24.6 Å². The average Bonchev–Trinajstić information content (AvgIpc) is 3.18. The summed E-state index contributed by atoms with van der Waals surface area (Å²) >= 11 is 7.72. The second kappa shape index (κ2) is 5.02. The predicted octanol–water partition coefficient (Wildman–Crippen LogP) is 3.96. The minimum Gasteiger partial charge on any atom is -0.292 e. The molecule has 0 spiro atoms. The lowest BCUT2D eigenvalue weighted by atomic mass is 10.1. The number of aromatic nitrogens is 4. The van der Waals surface area contributed by atoms with Crippen LogP contribution in [0.4, 0.5) is 0 Å². The van der Waals surface area contributed by atoms with E-state index in [0.717, 1.165) is 27.5 Å². The van der Waals surface area contributed by atoms with Gasteiger partial charge in [-0.1, -0.05) is 23.7 Å². The Morgan fingerprint density at radius 1 is 1.19 bits per heavy atom. The molecule has 0 aliphatic carbocycles. The molecular weight excluding hydrogens is 304 g/mol. The molecular formula is C15H11ClN4S. The van der Waals surface area contributed by atoms with E-state index in [9.17, 15) is 0 Å². The third-order valence-electron chi connectivity index (χ3n) is 3.34. The third-order valence-corrected chi connectivity index (χ3v) is 4.51. The fourth-order valence-electron chi connectivity index (χ4n) is 2.32. The molecule has 0 saturated carbocycles. The zero-order chi connectivity index (χ0) is 14.2. The van der Waals surface area contributed by atoms with Gasteiger partial charge in [0.1, 0.15) is 11.2 Å². The van der Waals surface area contributed by atoms with Gasteiger partial charge in [-0.05, 0) is 17.7 Å². The second-order valence-corrected chi connectivity index (χ2v) is 6.09. The predicted molar refractivity (Wildman–Crippen MR) is 84.8 cm³/mol. The number of nitrogens with zero attached hydrogens (tertiary/aromatic N) is 4. The Morgan fingerprint density at radius 2 is 2.14 bits per heavy atom. The number of imidazole rings is 1. The number of hydrogen-bond donors (Lipinski definition) is 0. The van der Waals surface area contributed by atoms with Crippen LogP contribution in [0, 0.1) is 0 Å². The summed E-state index contributed by atoms with van der Waals surface area (Å²) in [5.41, 5.74) is 3.31. The first-order valence-electron chi connectivity index (χ1n) is 6.46. The van der Waals surface area contributed by atoms with Crippen LogP contribution in [-0.2, 0) is 6.54 Å². The number of rotatable bonds is 3. The minimum absolute atomic E-state index is 0.719. The van der Waals surface area contributed by atoms with E-state index < -0.39 is 0 Å². The first kappa shape index (κ1) is 12.6. The molecule has 1 aromatic carbocycles. The maximum absolute atomic E-state index is 6.03. The van der Waals surface area contributed by atoms with Gasteiger partial charge < -0.3 is 0 Å². The first-order valence-corrected chi connectivity index (χ1v) is 7.72. The van der Waals surface area contributed by atoms with Crippen molar-refractivity contribution in [2.24, 2.45) is 0 Å². The Hall–Kier alpha value is -2.11. The van der Waals surface area contributed by atoms with Gasteiger partial charge in [0.2, 0.25) is 0 Å². The molecule has 3 aromatic heterocycles. The van der Waals surface area contributed by atoms with E-state index in [4.69, 9.17) is 11.6 Å². The van der Waals surface area contributed by atoms with Crippen LogP contribution in [0.25, 0.3) is 16.0 Å². The molecule has 0 atom stereocenters. The van der Waals surface area contributed by atoms with Crippen molar-refractivity contribution in [3.05, 3.63) is 65.3 Å². The topological polar surface area (TPSA) is 35.1 Å². The number of fused-ring (bicyclic) bond motifs is 1. The Bertz CT molecular complexity index is 905. The van der Waals surface area contributed by atoms with E-state index in [1.54, 1.807) is 11.3 Å². The largest absolute Gasteiger partial charge is 0.292 e. The summed E-state index contributed by atoms with van der Waals surface area (Å²) in [5.74, 6) is 0. The molecule has 104 valence electrons. The van der Waals surface area contributed by atoms with E-state index in [1.807, 2.05) is 53.9 Å². The summed E-state index contributed by atoms with van der Waals surface area (Å²) < 4.78 is 4.02. The standard InChI is InChI=1S/C15H11ClN4S/c16-13-3-1-2-11(4-13)12-5-18-19(7-12)8-14-9-21-15-6-17-10-20(14)15/h1-7,9-10H,8H2. The molecule has 0 aliphatic heterocycles. The Kier molecular flexibility index (Phi) is 3.02. The van der Waals surface area contributed by atoms with Gasteiger partial charge in [0.25, 0.3) is 0 Å². The smallest absolute Gasteiger partial charge is 0.119 e. The lowest BCUT2D eigenvalue weighted by molar-refractivity contribution is 0.669. The van der Waals surface area contributed by atoms with Gasteiger partial charge in [-0.3, -0.25) is 9.08 Å². The van der Waals surface area contributed by atoms with Gasteiger partial charge in [0.15, 0.2) is 0 Å². The number of hydrogen-bond acceptors (Lipinski definition) is 3. The molecule has 0 radical (unpaired) electrons. The summed E-state index contributed by atoms with van der Waals surface area (Å²) in [5, 5.41) is 7.30. The summed E-state index contributed by atoms with van der Waals surface area (Å²) in [6, 6.07) is 7.80. The van der Waals surface area contributed by atoms with Crippen LogP contribution in [0.2, 0.25) is 5.02 Å². The summed E-state index contributed by atoms with van der Waals surface area (Å²) in [7, 11) is 0. The quantitative estimate of drug-likeness (QED) is 0.573. The van der Waals surface area contributed by atoms with E-state index in [0.29, 0.717) is 0 Å². The normalized spacial score (nSPS) is 11.3. The van der Waals surface area contributed by atoms with Crippen LogP contribution in [-0.4, -0.2) is 19.2 Å². The lowest BCUT2D eigenvalue weighted by Gasteiger charge is -2.00. The van der Waals surface area contributed by atoms with Crippen molar-refractivity contribution in [3.8, 4) is 11.1 Å². The third kappa shape index (κ3) is 2.34. The molecule has 0 unspecified atom stereocenters. The van der Waals surface area contributed by atoms with Crippen LogP contribution in [0.1, 0.15) is 5.69 Å². The van der Waals surface area contributed by atoms with Crippen molar-refractivity contribution in [1.29, 1.82) is 0 Å². The van der Waals surface area contributed by atoms with Crippen molar-refractivity contribution in [3.63, 3.8) is 0 Å². The summed E-state index contributed by atoms with van der Waals surface area (Å²) in [6.07, 6.45) is 7.60. The fraction of sp³-hybridized carbons (Fsp3) is 0.0667. The summed E-state index contributed by atoms with van der Waals surface area (Å²) in [6.45, 7) is 0.719. The van der Waals surface area contributed by atoms with E-state index in [2.05, 4.69) is 19.9 Å².